The topological polar surface area (TPSA) is 122 Å². The molecule has 0 spiro atoms. The molecular formula is C29H35N5O5S. The van der Waals surface area contributed by atoms with Gasteiger partial charge in [0.05, 0.1) is 18.0 Å². The van der Waals surface area contributed by atoms with E-state index in [2.05, 4.69) is 10.6 Å². The summed E-state index contributed by atoms with van der Waals surface area (Å²) in [6.45, 7) is 3.33. The number of benzene rings is 2. The number of carbonyl (C=O) groups excluding carboxylic acids is 3. The predicted octanol–water partition coefficient (Wildman–Crippen LogP) is 3.41. The molecule has 2 atom stereocenters. The minimum Gasteiger partial charge on any atom is -0.496 e. The van der Waals surface area contributed by atoms with Gasteiger partial charge in [0.1, 0.15) is 17.6 Å². The van der Waals surface area contributed by atoms with Gasteiger partial charge < -0.3 is 20.1 Å². The monoisotopic (exact) mass is 565 g/mol. The lowest BCUT2D eigenvalue weighted by Crippen LogP contribution is -2.43. The molecule has 2 aromatic carbocycles. The summed E-state index contributed by atoms with van der Waals surface area (Å²) < 4.78 is 10.4. The zero-order valence-corrected chi connectivity index (χ0v) is 23.8. The number of ether oxygens (including phenoxy) is 2. The van der Waals surface area contributed by atoms with Crippen LogP contribution in [0.25, 0.3) is 0 Å². The highest BCUT2D eigenvalue weighted by molar-refractivity contribution is 8.15. The molecule has 2 N–H and O–H groups in total. The molecule has 2 aliphatic heterocycles. The van der Waals surface area contributed by atoms with Gasteiger partial charge in [-0.2, -0.15) is 0 Å². The number of rotatable bonds is 13. The Balaban J connectivity index is 1.43. The first kappa shape index (κ1) is 29.3. The third-order valence-corrected chi connectivity index (χ3v) is 7.91. The minimum atomic E-state index is -0.716. The Labute approximate surface area is 238 Å². The summed E-state index contributed by atoms with van der Waals surface area (Å²) >= 11 is 1.26. The fourth-order valence-corrected chi connectivity index (χ4v) is 5.50. The second-order valence-corrected chi connectivity index (χ2v) is 10.5. The summed E-state index contributed by atoms with van der Waals surface area (Å²) in [6.07, 6.45) is 1.67. The van der Waals surface area contributed by atoms with E-state index < -0.39 is 11.3 Å². The summed E-state index contributed by atoms with van der Waals surface area (Å²) in [7, 11) is 3.21. The minimum absolute atomic E-state index is 0.112. The summed E-state index contributed by atoms with van der Waals surface area (Å²) in [5.74, 6) is 0.674. The molecule has 0 aliphatic carbocycles. The first-order valence-electron chi connectivity index (χ1n) is 13.4. The van der Waals surface area contributed by atoms with Crippen LogP contribution in [0.15, 0.2) is 58.5 Å². The lowest BCUT2D eigenvalue weighted by atomic mass is 10.1. The van der Waals surface area contributed by atoms with Gasteiger partial charge in [-0.25, -0.2) is 9.89 Å². The van der Waals surface area contributed by atoms with Crippen LogP contribution < -0.4 is 15.4 Å². The van der Waals surface area contributed by atoms with E-state index in [0.29, 0.717) is 55.0 Å². The van der Waals surface area contributed by atoms with Gasteiger partial charge in [0, 0.05) is 44.4 Å². The zero-order valence-electron chi connectivity index (χ0n) is 23.0. The van der Waals surface area contributed by atoms with E-state index in [9.17, 15) is 14.4 Å². The summed E-state index contributed by atoms with van der Waals surface area (Å²) in [5.41, 5.74) is 2.31. The molecule has 0 fully saturated rings. The molecule has 2 heterocycles. The highest BCUT2D eigenvalue weighted by Crippen LogP contribution is 2.35. The number of fused-ring (bicyclic) bond motifs is 3. The summed E-state index contributed by atoms with van der Waals surface area (Å²) in [4.78, 5) is 50.1. The number of thioether (sulfide) groups is 1. The molecule has 2 unspecified atom stereocenters. The van der Waals surface area contributed by atoms with Crippen molar-refractivity contribution in [1.82, 2.24) is 15.5 Å². The molecule has 0 bridgehead atoms. The number of hydrogen-bond acceptors (Lipinski definition) is 8. The maximum atomic E-state index is 13.6. The number of nitrogens with zero attached hydrogens (tertiary/aromatic N) is 3. The highest BCUT2D eigenvalue weighted by Gasteiger charge is 2.42. The Hall–Kier alpha value is -3.70. The van der Waals surface area contributed by atoms with Crippen molar-refractivity contribution in [3.05, 3.63) is 59.7 Å². The SMILES string of the molecule is CCC(SC1=Nc2ccccc2C2=NC(CCC(=O)NCc3ccccc3OC)C(=O)N12)C(=O)NCCCOC. The van der Waals surface area contributed by atoms with Crippen LogP contribution >= 0.6 is 11.8 Å². The normalized spacial score (nSPS) is 16.4. The van der Waals surface area contributed by atoms with Gasteiger partial charge in [-0.3, -0.25) is 19.4 Å². The van der Waals surface area contributed by atoms with Crippen molar-refractivity contribution in [2.75, 3.05) is 27.4 Å². The lowest BCUT2D eigenvalue weighted by molar-refractivity contribution is -0.125. The molecule has 11 heteroatoms. The van der Waals surface area contributed by atoms with Crippen molar-refractivity contribution in [1.29, 1.82) is 0 Å². The first-order chi connectivity index (χ1) is 19.5. The van der Waals surface area contributed by atoms with Crippen molar-refractivity contribution in [3.8, 4) is 5.75 Å². The van der Waals surface area contributed by atoms with Crippen molar-refractivity contribution >= 4 is 46.2 Å². The molecule has 2 aliphatic rings. The van der Waals surface area contributed by atoms with Gasteiger partial charge in [-0.15, -0.1) is 0 Å². The molecule has 0 radical (unpaired) electrons. The van der Waals surface area contributed by atoms with Crippen molar-refractivity contribution in [2.24, 2.45) is 9.98 Å². The van der Waals surface area contributed by atoms with Gasteiger partial charge in [0.15, 0.2) is 5.17 Å². The zero-order chi connectivity index (χ0) is 28.5. The lowest BCUT2D eigenvalue weighted by Gasteiger charge is -2.27. The average Bonchev–Trinajstić information content (AvgIpc) is 3.32. The van der Waals surface area contributed by atoms with Gasteiger partial charge in [-0.05, 0) is 37.5 Å². The Morgan fingerprint density at radius 3 is 2.65 bits per heavy atom. The van der Waals surface area contributed by atoms with Crippen LogP contribution in [0.1, 0.15) is 43.7 Å². The number of hydrogen-bond donors (Lipinski definition) is 2. The summed E-state index contributed by atoms with van der Waals surface area (Å²) in [5, 5.41) is 5.83. The Morgan fingerprint density at radius 1 is 1.10 bits per heavy atom. The van der Waals surface area contributed by atoms with Crippen LogP contribution in [0.3, 0.4) is 0 Å². The molecule has 0 saturated carbocycles. The van der Waals surface area contributed by atoms with Crippen LogP contribution in [-0.2, 0) is 25.7 Å². The van der Waals surface area contributed by atoms with Gasteiger partial charge in [0.2, 0.25) is 11.8 Å². The number of para-hydroxylation sites is 2. The van der Waals surface area contributed by atoms with E-state index in [1.54, 1.807) is 14.2 Å². The smallest absolute Gasteiger partial charge is 0.259 e. The number of carbonyl (C=O) groups is 3. The second kappa shape index (κ2) is 14.1. The van der Waals surface area contributed by atoms with Crippen LogP contribution in [-0.4, -0.2) is 72.3 Å². The van der Waals surface area contributed by atoms with E-state index >= 15 is 0 Å². The van der Waals surface area contributed by atoms with E-state index in [1.807, 2.05) is 55.5 Å². The molecule has 4 rings (SSSR count). The molecule has 40 heavy (non-hydrogen) atoms. The fraction of sp³-hybridized carbons (Fsp3) is 0.414. The van der Waals surface area contributed by atoms with E-state index in [4.69, 9.17) is 19.5 Å². The summed E-state index contributed by atoms with van der Waals surface area (Å²) in [6, 6.07) is 14.3. The second-order valence-electron chi connectivity index (χ2n) is 9.33. The maximum Gasteiger partial charge on any atom is 0.259 e. The van der Waals surface area contributed by atoms with Crippen LogP contribution in [0.4, 0.5) is 5.69 Å². The Bertz CT molecular complexity index is 1300. The molecule has 0 saturated heterocycles. The molecule has 2 aromatic rings. The Kier molecular flexibility index (Phi) is 10.3. The van der Waals surface area contributed by atoms with Crippen LogP contribution in [0.5, 0.6) is 5.75 Å². The number of amides is 3. The Morgan fingerprint density at radius 2 is 1.88 bits per heavy atom. The highest BCUT2D eigenvalue weighted by atomic mass is 32.2. The number of amidine groups is 2. The average molecular weight is 566 g/mol. The fourth-order valence-electron chi connectivity index (χ4n) is 4.46. The molecule has 10 nitrogen and oxygen atoms in total. The third-order valence-electron chi connectivity index (χ3n) is 6.60. The quantitative estimate of drug-likeness (QED) is 0.359. The molecule has 212 valence electrons. The number of nitrogens with one attached hydrogen (secondary N) is 2. The number of methoxy groups -OCH3 is 2. The maximum absolute atomic E-state index is 13.6. The van der Waals surface area contributed by atoms with Crippen molar-refractivity contribution in [3.63, 3.8) is 0 Å². The standard InChI is InChI=1S/C29H35N5O5S/c1-4-24(27(36)30-16-9-17-38-2)40-29-33-21-12-7-6-11-20(21)26-32-22(28(37)34(26)29)14-15-25(35)31-18-19-10-5-8-13-23(19)39-3/h5-8,10-13,22,24H,4,9,14-18H2,1-3H3,(H,30,36)(H,31,35). The third kappa shape index (κ3) is 6.89. The molecular weight excluding hydrogens is 530 g/mol. The van der Waals surface area contributed by atoms with Crippen LogP contribution in [0.2, 0.25) is 0 Å². The largest absolute Gasteiger partial charge is 0.496 e. The van der Waals surface area contributed by atoms with Crippen LogP contribution in [0, 0.1) is 0 Å². The molecule has 0 aromatic heterocycles. The van der Waals surface area contributed by atoms with E-state index in [0.717, 1.165) is 11.1 Å². The van der Waals surface area contributed by atoms with E-state index in [-0.39, 0.29) is 30.6 Å². The first-order valence-corrected chi connectivity index (χ1v) is 14.3. The van der Waals surface area contributed by atoms with E-state index in [1.165, 1.54) is 16.7 Å². The molecule has 3 amide bonds. The van der Waals surface area contributed by atoms with Crippen molar-refractivity contribution < 1.29 is 23.9 Å². The van der Waals surface area contributed by atoms with Gasteiger partial charge >= 0.3 is 0 Å². The number of aliphatic imine (C=N–C) groups is 2. The van der Waals surface area contributed by atoms with Gasteiger partial charge in [0.25, 0.3) is 5.91 Å². The predicted molar refractivity (Wildman–Crippen MR) is 156 cm³/mol. The van der Waals surface area contributed by atoms with Crippen molar-refractivity contribution in [2.45, 2.75) is 50.4 Å². The van der Waals surface area contributed by atoms with Gasteiger partial charge in [-0.1, -0.05) is 49.0 Å².